The van der Waals surface area contributed by atoms with Gasteiger partial charge in [-0.2, -0.15) is 4.31 Å². The Hall–Kier alpha value is -2.58. The molecule has 29 heavy (non-hydrogen) atoms. The molecule has 1 heterocycles. The number of hydrogen-bond acceptors (Lipinski definition) is 5. The van der Waals surface area contributed by atoms with Crippen LogP contribution in [0.5, 0.6) is 11.5 Å². The van der Waals surface area contributed by atoms with Crippen LogP contribution in [-0.4, -0.2) is 44.4 Å². The Balaban J connectivity index is 1.73. The summed E-state index contributed by atoms with van der Waals surface area (Å²) in [5.41, 5.74) is 0.601. The van der Waals surface area contributed by atoms with Gasteiger partial charge in [-0.3, -0.25) is 4.79 Å². The third kappa shape index (κ3) is 4.89. The third-order valence-corrected chi connectivity index (χ3v) is 6.60. The lowest BCUT2D eigenvalue weighted by atomic mass is 10.2. The zero-order chi connectivity index (χ0) is 20.9. The number of carbonyl (C=O) groups is 1. The summed E-state index contributed by atoms with van der Waals surface area (Å²) >= 11 is 0. The molecule has 1 atom stereocenters. The van der Waals surface area contributed by atoms with E-state index in [1.807, 2.05) is 13.8 Å². The van der Waals surface area contributed by atoms with Crippen LogP contribution in [0, 0.1) is 0 Å². The van der Waals surface area contributed by atoms with Crippen LogP contribution in [0.25, 0.3) is 0 Å². The van der Waals surface area contributed by atoms with E-state index in [0.717, 1.165) is 0 Å². The molecule has 1 N–H and O–H groups in total. The molecule has 2 aromatic rings. The second-order valence-corrected chi connectivity index (χ2v) is 8.52. The van der Waals surface area contributed by atoms with Gasteiger partial charge in [0.05, 0.1) is 18.1 Å². The molecule has 1 amide bonds. The molecule has 7 nitrogen and oxygen atoms in total. The van der Waals surface area contributed by atoms with Crippen LogP contribution in [0.4, 0.5) is 5.69 Å². The van der Waals surface area contributed by atoms with Crippen LogP contribution in [0.3, 0.4) is 0 Å². The highest BCUT2D eigenvalue weighted by molar-refractivity contribution is 7.89. The number of anilines is 1. The molecule has 0 bridgehead atoms. The molecule has 8 heteroatoms. The van der Waals surface area contributed by atoms with Crippen molar-refractivity contribution in [2.75, 3.05) is 25.1 Å². The maximum absolute atomic E-state index is 13.1. The molecule has 1 aliphatic rings. The van der Waals surface area contributed by atoms with Crippen LogP contribution in [0.1, 0.15) is 26.7 Å². The van der Waals surface area contributed by atoms with Crippen LogP contribution in [0.15, 0.2) is 53.4 Å². The molecular weight excluding hydrogens is 392 g/mol. The van der Waals surface area contributed by atoms with Gasteiger partial charge in [0, 0.05) is 12.2 Å². The molecule has 0 unspecified atom stereocenters. The molecule has 3 rings (SSSR count). The predicted molar refractivity (Wildman–Crippen MR) is 111 cm³/mol. The Labute approximate surface area is 171 Å². The summed E-state index contributed by atoms with van der Waals surface area (Å²) in [7, 11) is -3.77. The molecule has 0 radical (unpaired) electrons. The smallest absolute Gasteiger partial charge is 0.243 e. The fourth-order valence-corrected chi connectivity index (χ4v) is 4.98. The van der Waals surface area contributed by atoms with E-state index in [9.17, 15) is 13.2 Å². The number of nitrogens with zero attached hydrogens (tertiary/aromatic N) is 1. The Morgan fingerprint density at radius 2 is 1.55 bits per heavy atom. The van der Waals surface area contributed by atoms with Crippen molar-refractivity contribution in [1.82, 2.24) is 4.31 Å². The van der Waals surface area contributed by atoms with Gasteiger partial charge in [0.25, 0.3) is 0 Å². The van der Waals surface area contributed by atoms with Crippen molar-refractivity contribution in [3.8, 4) is 11.5 Å². The molecule has 0 spiro atoms. The average Bonchev–Trinajstić information content (AvgIpc) is 3.21. The summed E-state index contributed by atoms with van der Waals surface area (Å²) in [5, 5.41) is 2.81. The lowest BCUT2D eigenvalue weighted by Gasteiger charge is -2.23. The van der Waals surface area contributed by atoms with E-state index in [0.29, 0.717) is 49.8 Å². The molecule has 1 aliphatic heterocycles. The molecule has 1 saturated heterocycles. The zero-order valence-electron chi connectivity index (χ0n) is 16.6. The van der Waals surface area contributed by atoms with E-state index in [4.69, 9.17) is 9.47 Å². The number of carbonyl (C=O) groups excluding carboxylic acids is 1. The van der Waals surface area contributed by atoms with Crippen molar-refractivity contribution < 1.29 is 22.7 Å². The number of sulfonamides is 1. The lowest BCUT2D eigenvalue weighted by molar-refractivity contribution is -0.119. The van der Waals surface area contributed by atoms with E-state index in [2.05, 4.69) is 5.32 Å². The summed E-state index contributed by atoms with van der Waals surface area (Å²) in [6, 6.07) is 12.6. The summed E-state index contributed by atoms with van der Waals surface area (Å²) in [6.45, 7) is 5.15. The van der Waals surface area contributed by atoms with Gasteiger partial charge in [0.15, 0.2) is 0 Å². The highest BCUT2D eigenvalue weighted by atomic mass is 32.2. The monoisotopic (exact) mass is 418 g/mol. The number of nitrogens with one attached hydrogen (secondary N) is 1. The van der Waals surface area contributed by atoms with Crippen molar-refractivity contribution in [3.05, 3.63) is 48.5 Å². The highest BCUT2D eigenvalue weighted by Crippen LogP contribution is 2.28. The Bertz CT molecular complexity index is 927. The van der Waals surface area contributed by atoms with Crippen LogP contribution in [0.2, 0.25) is 0 Å². The zero-order valence-corrected chi connectivity index (χ0v) is 17.4. The van der Waals surface area contributed by atoms with Crippen molar-refractivity contribution in [2.45, 2.75) is 37.6 Å². The SMILES string of the molecule is CCOc1ccc(NC(=O)[C@H]2CCCN2S(=O)(=O)c2ccc(OCC)cc2)cc1. The summed E-state index contributed by atoms with van der Waals surface area (Å²) in [4.78, 5) is 12.9. The van der Waals surface area contributed by atoms with E-state index in [-0.39, 0.29) is 10.8 Å². The number of amides is 1. The van der Waals surface area contributed by atoms with Gasteiger partial charge in [0.2, 0.25) is 15.9 Å². The maximum Gasteiger partial charge on any atom is 0.243 e. The normalized spacial score (nSPS) is 17.1. The second-order valence-electron chi connectivity index (χ2n) is 6.62. The summed E-state index contributed by atoms with van der Waals surface area (Å²) in [6.07, 6.45) is 1.12. The van der Waals surface area contributed by atoms with Gasteiger partial charge in [-0.15, -0.1) is 0 Å². The standard InChI is InChI=1S/C21H26N2O5S/c1-3-27-17-9-7-16(8-10-17)22-21(24)20-6-5-15-23(20)29(25,26)19-13-11-18(12-14-19)28-4-2/h7-14,20H,3-6,15H2,1-2H3,(H,22,24)/t20-/m1/s1. The topological polar surface area (TPSA) is 84.9 Å². The van der Waals surface area contributed by atoms with Crippen molar-refractivity contribution in [1.29, 1.82) is 0 Å². The first-order valence-electron chi connectivity index (χ1n) is 9.74. The minimum Gasteiger partial charge on any atom is -0.494 e. The van der Waals surface area contributed by atoms with Crippen molar-refractivity contribution in [2.24, 2.45) is 0 Å². The lowest BCUT2D eigenvalue weighted by Crippen LogP contribution is -2.43. The minimum atomic E-state index is -3.77. The Morgan fingerprint density at radius 3 is 2.10 bits per heavy atom. The largest absolute Gasteiger partial charge is 0.494 e. The van der Waals surface area contributed by atoms with Crippen molar-refractivity contribution >= 4 is 21.6 Å². The van der Waals surface area contributed by atoms with Gasteiger partial charge in [-0.25, -0.2) is 8.42 Å². The fraction of sp³-hybridized carbons (Fsp3) is 0.381. The molecule has 1 fully saturated rings. The summed E-state index contributed by atoms with van der Waals surface area (Å²) in [5.74, 6) is 0.991. The highest BCUT2D eigenvalue weighted by Gasteiger charge is 2.39. The van der Waals surface area contributed by atoms with Gasteiger partial charge >= 0.3 is 0 Å². The number of rotatable bonds is 8. The quantitative estimate of drug-likeness (QED) is 0.711. The number of benzene rings is 2. The molecule has 0 aromatic heterocycles. The van der Waals surface area contributed by atoms with E-state index >= 15 is 0 Å². The van der Waals surface area contributed by atoms with Crippen LogP contribution >= 0.6 is 0 Å². The van der Waals surface area contributed by atoms with Crippen molar-refractivity contribution in [3.63, 3.8) is 0 Å². The third-order valence-electron chi connectivity index (χ3n) is 4.68. The molecular formula is C21H26N2O5S. The molecule has 2 aromatic carbocycles. The fourth-order valence-electron chi connectivity index (χ4n) is 3.33. The van der Waals surface area contributed by atoms with E-state index in [1.54, 1.807) is 36.4 Å². The first-order chi connectivity index (χ1) is 14.0. The average molecular weight is 419 g/mol. The Morgan fingerprint density at radius 1 is 1.00 bits per heavy atom. The summed E-state index contributed by atoms with van der Waals surface area (Å²) < 4.78 is 38.2. The maximum atomic E-state index is 13.1. The first-order valence-corrected chi connectivity index (χ1v) is 11.2. The second kappa shape index (κ2) is 9.28. The van der Waals surface area contributed by atoms with Crippen LogP contribution in [-0.2, 0) is 14.8 Å². The van der Waals surface area contributed by atoms with E-state index < -0.39 is 16.1 Å². The van der Waals surface area contributed by atoms with Gasteiger partial charge in [-0.05, 0) is 75.2 Å². The van der Waals surface area contributed by atoms with Gasteiger partial charge in [0.1, 0.15) is 17.5 Å². The Kier molecular flexibility index (Phi) is 6.76. The predicted octanol–water partition coefficient (Wildman–Crippen LogP) is 3.28. The molecule has 0 saturated carbocycles. The number of ether oxygens (including phenoxy) is 2. The molecule has 156 valence electrons. The first kappa shape index (κ1) is 21.1. The van der Waals surface area contributed by atoms with E-state index in [1.165, 1.54) is 16.4 Å². The molecule has 0 aliphatic carbocycles. The van der Waals surface area contributed by atoms with Gasteiger partial charge in [-0.1, -0.05) is 0 Å². The minimum absolute atomic E-state index is 0.154. The number of hydrogen-bond donors (Lipinski definition) is 1. The van der Waals surface area contributed by atoms with Crippen LogP contribution < -0.4 is 14.8 Å². The van der Waals surface area contributed by atoms with Gasteiger partial charge < -0.3 is 14.8 Å².